The van der Waals surface area contributed by atoms with Gasteiger partial charge in [0.05, 0.1) is 0 Å². The predicted molar refractivity (Wildman–Crippen MR) is 86.0 cm³/mol. The number of benzene rings is 1. The molecule has 1 unspecified atom stereocenters. The number of carbonyl (C=O) groups excluding carboxylic acids is 3. The van der Waals surface area contributed by atoms with E-state index in [1.54, 1.807) is 0 Å². The molecule has 6 heteroatoms. The van der Waals surface area contributed by atoms with E-state index in [1.807, 2.05) is 0 Å². The molecule has 128 valence electrons. The summed E-state index contributed by atoms with van der Waals surface area (Å²) in [6, 6.07) is 2.08. The largest absolute Gasteiger partial charge is 0.357 e. The van der Waals surface area contributed by atoms with Gasteiger partial charge in [-0.05, 0) is 48.4 Å². The molecule has 1 fully saturated rings. The Kier molecular flexibility index (Phi) is 4.64. The van der Waals surface area contributed by atoms with E-state index in [1.165, 1.54) is 24.1 Å². The number of likely N-dealkylation sites (N-methyl/N-ethyl adjacent to an activating group) is 1. The molecule has 1 saturated carbocycles. The molecular formula is C18H21FN2O3. The minimum Gasteiger partial charge on any atom is -0.357 e. The molecule has 1 atom stereocenters. The maximum Gasteiger partial charge on any atom is 0.255 e. The van der Waals surface area contributed by atoms with Crippen molar-refractivity contribution < 1.29 is 18.8 Å². The monoisotopic (exact) mass is 332 g/mol. The third-order valence-electron chi connectivity index (χ3n) is 5.10. The van der Waals surface area contributed by atoms with Gasteiger partial charge in [0.15, 0.2) is 0 Å². The average molecular weight is 332 g/mol. The second-order valence-electron chi connectivity index (χ2n) is 6.46. The van der Waals surface area contributed by atoms with Crippen molar-refractivity contribution in [2.45, 2.75) is 50.6 Å². The summed E-state index contributed by atoms with van der Waals surface area (Å²) < 4.78 is 14.0. The fraction of sp³-hybridized carbons (Fsp3) is 0.500. The molecule has 0 saturated heterocycles. The summed E-state index contributed by atoms with van der Waals surface area (Å²) in [5, 5.41) is 2.55. The number of nitrogens with zero attached hydrogens (tertiary/aromatic N) is 1. The lowest BCUT2D eigenvalue weighted by Gasteiger charge is -2.28. The smallest absolute Gasteiger partial charge is 0.255 e. The van der Waals surface area contributed by atoms with Crippen LogP contribution in [-0.2, 0) is 16.1 Å². The summed E-state index contributed by atoms with van der Waals surface area (Å²) in [5.41, 5.74) is 2.10. The topological polar surface area (TPSA) is 66.5 Å². The van der Waals surface area contributed by atoms with Crippen LogP contribution in [0.15, 0.2) is 12.1 Å². The Hall–Kier alpha value is -2.24. The average Bonchev–Trinajstić information content (AvgIpc) is 2.83. The normalized spacial score (nSPS) is 18.1. The Bertz CT molecular complexity index is 685. The van der Waals surface area contributed by atoms with E-state index in [9.17, 15) is 18.8 Å². The molecule has 3 rings (SSSR count). The first-order valence-corrected chi connectivity index (χ1v) is 8.35. The summed E-state index contributed by atoms with van der Waals surface area (Å²) in [7, 11) is 1.50. The Labute approximate surface area is 140 Å². The molecule has 1 aromatic carbocycles. The zero-order valence-electron chi connectivity index (χ0n) is 13.7. The number of hydrogen-bond acceptors (Lipinski definition) is 3. The van der Waals surface area contributed by atoms with E-state index in [4.69, 9.17) is 0 Å². The van der Waals surface area contributed by atoms with E-state index < -0.39 is 11.9 Å². The molecule has 1 aliphatic carbocycles. The summed E-state index contributed by atoms with van der Waals surface area (Å²) in [4.78, 5) is 37.1. The van der Waals surface area contributed by atoms with Crippen molar-refractivity contribution in [1.82, 2.24) is 10.2 Å². The highest BCUT2D eigenvalue weighted by molar-refractivity contribution is 6.01. The van der Waals surface area contributed by atoms with Gasteiger partial charge in [0, 0.05) is 25.6 Å². The number of hydrogen-bond donors (Lipinski definition) is 1. The molecule has 0 radical (unpaired) electrons. The second kappa shape index (κ2) is 6.71. The zero-order chi connectivity index (χ0) is 17.3. The van der Waals surface area contributed by atoms with Gasteiger partial charge in [0.25, 0.3) is 5.91 Å². The lowest BCUT2D eigenvalue weighted by molar-refractivity contribution is -0.125. The van der Waals surface area contributed by atoms with Crippen molar-refractivity contribution in [2.75, 3.05) is 7.05 Å². The van der Waals surface area contributed by atoms with Crippen molar-refractivity contribution in [3.8, 4) is 0 Å². The molecule has 0 bridgehead atoms. The predicted octanol–water partition coefficient (Wildman–Crippen LogP) is 2.14. The number of halogens is 1. The maximum absolute atomic E-state index is 14.0. The highest BCUT2D eigenvalue weighted by atomic mass is 19.1. The Balaban J connectivity index is 1.93. The van der Waals surface area contributed by atoms with E-state index in [2.05, 4.69) is 5.32 Å². The Morgan fingerprint density at radius 2 is 2.21 bits per heavy atom. The van der Waals surface area contributed by atoms with Crippen LogP contribution in [0.4, 0.5) is 4.39 Å². The van der Waals surface area contributed by atoms with E-state index in [-0.39, 0.29) is 24.7 Å². The van der Waals surface area contributed by atoms with Crippen LogP contribution in [-0.4, -0.2) is 36.1 Å². The minimum absolute atomic E-state index is 0.196. The SMILES string of the molecule is CNC(=O)C(CCC=O)N1Cc2c(cc(F)cc2C2CCC2)C1=O. The van der Waals surface area contributed by atoms with E-state index >= 15 is 0 Å². The fourth-order valence-electron chi connectivity index (χ4n) is 3.58. The van der Waals surface area contributed by atoms with Crippen molar-refractivity contribution in [3.05, 3.63) is 34.6 Å². The third-order valence-corrected chi connectivity index (χ3v) is 5.10. The van der Waals surface area contributed by atoms with Crippen LogP contribution in [0.25, 0.3) is 0 Å². The van der Waals surface area contributed by atoms with Crippen LogP contribution < -0.4 is 5.32 Å². The molecule has 0 spiro atoms. The lowest BCUT2D eigenvalue weighted by Crippen LogP contribution is -2.46. The summed E-state index contributed by atoms with van der Waals surface area (Å²) in [6.45, 7) is 0.303. The highest BCUT2D eigenvalue weighted by Gasteiger charge is 2.38. The van der Waals surface area contributed by atoms with Gasteiger partial charge in [-0.15, -0.1) is 0 Å². The van der Waals surface area contributed by atoms with Crippen LogP contribution in [0, 0.1) is 5.82 Å². The second-order valence-corrected chi connectivity index (χ2v) is 6.46. The molecule has 5 nitrogen and oxygen atoms in total. The summed E-state index contributed by atoms with van der Waals surface area (Å²) in [6.07, 6.45) is 4.34. The van der Waals surface area contributed by atoms with Crippen LogP contribution in [0.5, 0.6) is 0 Å². The van der Waals surface area contributed by atoms with Gasteiger partial charge >= 0.3 is 0 Å². The summed E-state index contributed by atoms with van der Waals surface area (Å²) in [5.74, 6) is -0.737. The molecule has 0 aromatic heterocycles. The van der Waals surface area contributed by atoms with Gasteiger partial charge in [-0.2, -0.15) is 0 Å². The van der Waals surface area contributed by atoms with Crippen LogP contribution >= 0.6 is 0 Å². The first-order valence-electron chi connectivity index (χ1n) is 8.35. The molecule has 1 aromatic rings. The van der Waals surface area contributed by atoms with Crippen LogP contribution in [0.2, 0.25) is 0 Å². The zero-order valence-corrected chi connectivity index (χ0v) is 13.7. The maximum atomic E-state index is 14.0. The van der Waals surface area contributed by atoms with Gasteiger partial charge in [0.2, 0.25) is 5.91 Å². The molecule has 24 heavy (non-hydrogen) atoms. The molecular weight excluding hydrogens is 311 g/mol. The van der Waals surface area contributed by atoms with Gasteiger partial charge in [-0.3, -0.25) is 9.59 Å². The van der Waals surface area contributed by atoms with E-state index in [0.29, 0.717) is 18.0 Å². The van der Waals surface area contributed by atoms with E-state index in [0.717, 1.165) is 36.7 Å². The number of fused-ring (bicyclic) bond motifs is 1. The molecule has 1 N–H and O–H groups in total. The van der Waals surface area contributed by atoms with Crippen molar-refractivity contribution in [2.24, 2.45) is 0 Å². The van der Waals surface area contributed by atoms with Gasteiger partial charge in [0.1, 0.15) is 18.1 Å². The highest BCUT2D eigenvalue weighted by Crippen LogP contribution is 2.41. The third kappa shape index (κ3) is 2.81. The lowest BCUT2D eigenvalue weighted by atomic mass is 9.77. The number of carbonyl (C=O) groups is 3. The van der Waals surface area contributed by atoms with Gasteiger partial charge in [-0.1, -0.05) is 6.42 Å². The van der Waals surface area contributed by atoms with Crippen molar-refractivity contribution >= 4 is 18.1 Å². The number of amides is 2. The van der Waals surface area contributed by atoms with Gasteiger partial charge in [-0.25, -0.2) is 4.39 Å². The molecule has 2 aliphatic rings. The van der Waals surface area contributed by atoms with Gasteiger partial charge < -0.3 is 15.0 Å². The Morgan fingerprint density at radius 1 is 1.46 bits per heavy atom. The minimum atomic E-state index is -0.711. The van der Waals surface area contributed by atoms with Crippen molar-refractivity contribution in [3.63, 3.8) is 0 Å². The van der Waals surface area contributed by atoms with Crippen LogP contribution in [0.1, 0.15) is 59.5 Å². The molecule has 1 aliphatic heterocycles. The summed E-state index contributed by atoms with van der Waals surface area (Å²) >= 11 is 0. The number of aldehydes is 1. The first kappa shape index (κ1) is 16.6. The first-order chi connectivity index (χ1) is 11.6. The fourth-order valence-corrected chi connectivity index (χ4v) is 3.58. The standard InChI is InChI=1S/C18H21FN2O3/c1-20-17(23)16(6-3-7-22)21-10-15-13(11-4-2-5-11)8-12(19)9-14(15)18(21)24/h7-9,11,16H,2-6,10H2,1H3,(H,20,23). The quantitative estimate of drug-likeness (QED) is 0.812. The van der Waals surface area contributed by atoms with Crippen LogP contribution in [0.3, 0.4) is 0 Å². The molecule has 1 heterocycles. The number of rotatable bonds is 6. The Morgan fingerprint density at radius 3 is 2.79 bits per heavy atom. The van der Waals surface area contributed by atoms with Crippen molar-refractivity contribution in [1.29, 1.82) is 0 Å². The number of nitrogens with one attached hydrogen (secondary N) is 1. The molecule has 2 amide bonds.